The van der Waals surface area contributed by atoms with Gasteiger partial charge in [-0.25, -0.2) is 4.98 Å². The minimum atomic E-state index is -0.0620. The third-order valence-electron chi connectivity index (χ3n) is 5.06. The zero-order valence-electron chi connectivity index (χ0n) is 15.9. The van der Waals surface area contributed by atoms with Crippen LogP contribution in [0.15, 0.2) is 36.4 Å². The number of halogens is 1. The first kappa shape index (κ1) is 19.2. The number of likely N-dealkylation sites (tertiary alicyclic amines) is 1. The van der Waals surface area contributed by atoms with Gasteiger partial charge < -0.3 is 10.1 Å². The van der Waals surface area contributed by atoms with Gasteiger partial charge in [0, 0.05) is 11.1 Å². The highest BCUT2D eigenvalue weighted by Crippen LogP contribution is 2.36. The van der Waals surface area contributed by atoms with Gasteiger partial charge in [-0.1, -0.05) is 23.7 Å². The van der Waals surface area contributed by atoms with Crippen molar-refractivity contribution in [3.63, 3.8) is 0 Å². The van der Waals surface area contributed by atoms with Crippen molar-refractivity contribution in [1.29, 1.82) is 0 Å². The molecule has 0 radical (unpaired) electrons. The Morgan fingerprint density at radius 3 is 3.00 bits per heavy atom. The second-order valence-corrected chi connectivity index (χ2v) is 8.47. The van der Waals surface area contributed by atoms with E-state index in [2.05, 4.69) is 16.3 Å². The quantitative estimate of drug-likeness (QED) is 0.634. The van der Waals surface area contributed by atoms with Crippen molar-refractivity contribution in [1.82, 2.24) is 9.88 Å². The molecular weight excluding hydrogens is 394 g/mol. The minimum absolute atomic E-state index is 0.0620. The summed E-state index contributed by atoms with van der Waals surface area (Å²) in [5, 5.41) is 4.68. The molecule has 5 nitrogen and oxygen atoms in total. The molecule has 2 heterocycles. The zero-order chi connectivity index (χ0) is 19.7. The SMILES string of the molecule is COc1cc(Cl)c(C)cc1NC(=O)CN1CCCC1c1nc2ccccc2s1. The molecule has 28 heavy (non-hydrogen) atoms. The van der Waals surface area contributed by atoms with Crippen LogP contribution in [0.4, 0.5) is 5.69 Å². The van der Waals surface area contributed by atoms with Gasteiger partial charge in [-0.15, -0.1) is 11.3 Å². The van der Waals surface area contributed by atoms with E-state index >= 15 is 0 Å². The molecule has 1 saturated heterocycles. The number of carbonyl (C=O) groups is 1. The topological polar surface area (TPSA) is 54.5 Å². The summed E-state index contributed by atoms with van der Waals surface area (Å²) in [5.74, 6) is 0.501. The van der Waals surface area contributed by atoms with E-state index in [4.69, 9.17) is 21.3 Å². The standard InChI is InChI=1S/C21H22ClN3O2S/c1-13-10-16(18(27-2)11-14(13)22)23-20(26)12-25-9-5-7-17(25)21-24-15-6-3-4-8-19(15)28-21/h3-4,6,8,10-11,17H,5,7,9,12H2,1-2H3,(H,23,26). The van der Waals surface area contributed by atoms with E-state index in [0.717, 1.165) is 35.5 Å². The Morgan fingerprint density at radius 1 is 1.39 bits per heavy atom. The van der Waals surface area contributed by atoms with E-state index in [1.54, 1.807) is 24.5 Å². The van der Waals surface area contributed by atoms with E-state index in [1.807, 2.05) is 31.2 Å². The molecule has 1 amide bonds. The van der Waals surface area contributed by atoms with Crippen LogP contribution < -0.4 is 10.1 Å². The molecule has 1 N–H and O–H groups in total. The highest BCUT2D eigenvalue weighted by atomic mass is 35.5. The van der Waals surface area contributed by atoms with Gasteiger partial charge in [-0.3, -0.25) is 9.69 Å². The summed E-state index contributed by atoms with van der Waals surface area (Å²) in [4.78, 5) is 19.7. The van der Waals surface area contributed by atoms with Crippen LogP contribution in [0.5, 0.6) is 5.75 Å². The number of thiazole rings is 1. The Bertz CT molecular complexity index is 987. The molecule has 146 valence electrons. The maximum Gasteiger partial charge on any atom is 0.238 e. The van der Waals surface area contributed by atoms with Gasteiger partial charge in [-0.2, -0.15) is 0 Å². The smallest absolute Gasteiger partial charge is 0.238 e. The molecule has 1 atom stereocenters. The molecule has 0 saturated carbocycles. The van der Waals surface area contributed by atoms with Crippen molar-refractivity contribution in [2.24, 2.45) is 0 Å². The summed E-state index contributed by atoms with van der Waals surface area (Å²) in [6, 6.07) is 11.9. The van der Waals surface area contributed by atoms with Crippen LogP contribution in [0, 0.1) is 6.92 Å². The molecular formula is C21H22ClN3O2S. The maximum atomic E-state index is 12.7. The first-order valence-electron chi connectivity index (χ1n) is 9.28. The van der Waals surface area contributed by atoms with E-state index in [-0.39, 0.29) is 11.9 Å². The molecule has 1 unspecified atom stereocenters. The number of carbonyl (C=O) groups excluding carboxylic acids is 1. The number of amides is 1. The highest BCUT2D eigenvalue weighted by Gasteiger charge is 2.30. The van der Waals surface area contributed by atoms with Crippen LogP contribution >= 0.6 is 22.9 Å². The van der Waals surface area contributed by atoms with Crippen LogP contribution in [0.1, 0.15) is 29.5 Å². The number of fused-ring (bicyclic) bond motifs is 1. The number of anilines is 1. The molecule has 4 rings (SSSR count). The molecule has 0 spiro atoms. The van der Waals surface area contributed by atoms with E-state index in [1.165, 1.54) is 4.70 Å². The number of hydrogen-bond acceptors (Lipinski definition) is 5. The maximum absolute atomic E-state index is 12.7. The third kappa shape index (κ3) is 3.85. The average molecular weight is 416 g/mol. The van der Waals surface area contributed by atoms with Gasteiger partial charge in [0.2, 0.25) is 5.91 Å². The van der Waals surface area contributed by atoms with E-state index in [9.17, 15) is 4.79 Å². The predicted molar refractivity (Wildman–Crippen MR) is 115 cm³/mol. The summed E-state index contributed by atoms with van der Waals surface area (Å²) in [5.41, 5.74) is 2.57. The summed E-state index contributed by atoms with van der Waals surface area (Å²) in [6.07, 6.45) is 2.09. The number of aromatic nitrogens is 1. The van der Waals surface area contributed by atoms with Gasteiger partial charge in [0.05, 0.1) is 35.6 Å². The second-order valence-electron chi connectivity index (χ2n) is 7.00. The summed E-state index contributed by atoms with van der Waals surface area (Å²) < 4.78 is 6.55. The van der Waals surface area contributed by atoms with Gasteiger partial charge >= 0.3 is 0 Å². The fraction of sp³-hybridized carbons (Fsp3) is 0.333. The Kier molecular flexibility index (Phi) is 5.53. The number of benzene rings is 2. The van der Waals surface area contributed by atoms with Gasteiger partial charge in [0.1, 0.15) is 10.8 Å². The van der Waals surface area contributed by atoms with Crippen LogP contribution in [-0.4, -0.2) is 36.0 Å². The third-order valence-corrected chi connectivity index (χ3v) is 6.61. The Hall–Kier alpha value is -2.15. The Balaban J connectivity index is 1.49. The van der Waals surface area contributed by atoms with Gasteiger partial charge in [-0.05, 0) is 50.1 Å². The van der Waals surface area contributed by atoms with Crippen LogP contribution in [0.25, 0.3) is 10.2 Å². The molecule has 1 aromatic heterocycles. The van der Waals surface area contributed by atoms with Crippen molar-refractivity contribution in [2.75, 3.05) is 25.5 Å². The first-order valence-corrected chi connectivity index (χ1v) is 10.5. The first-order chi connectivity index (χ1) is 13.5. The number of aryl methyl sites for hydroxylation is 1. The molecule has 0 bridgehead atoms. The number of para-hydroxylation sites is 1. The number of methoxy groups -OCH3 is 1. The lowest BCUT2D eigenvalue weighted by Crippen LogP contribution is -2.33. The van der Waals surface area contributed by atoms with Crippen molar-refractivity contribution < 1.29 is 9.53 Å². The fourth-order valence-corrected chi connectivity index (χ4v) is 4.92. The average Bonchev–Trinajstić information content (AvgIpc) is 3.30. The van der Waals surface area contributed by atoms with Crippen LogP contribution in [-0.2, 0) is 4.79 Å². The molecule has 1 fully saturated rings. The highest BCUT2D eigenvalue weighted by molar-refractivity contribution is 7.18. The van der Waals surface area contributed by atoms with Crippen molar-refractivity contribution in [3.05, 3.63) is 52.0 Å². The van der Waals surface area contributed by atoms with Gasteiger partial charge in [0.15, 0.2) is 0 Å². The Morgan fingerprint density at radius 2 is 2.21 bits per heavy atom. The number of nitrogens with one attached hydrogen (secondary N) is 1. The van der Waals surface area contributed by atoms with Crippen LogP contribution in [0.2, 0.25) is 5.02 Å². The number of hydrogen-bond donors (Lipinski definition) is 1. The normalized spacial score (nSPS) is 17.2. The monoisotopic (exact) mass is 415 g/mol. The van der Waals surface area contributed by atoms with Crippen molar-refractivity contribution in [2.45, 2.75) is 25.8 Å². The lowest BCUT2D eigenvalue weighted by Gasteiger charge is -2.22. The largest absolute Gasteiger partial charge is 0.495 e. The molecule has 0 aliphatic carbocycles. The zero-order valence-corrected chi connectivity index (χ0v) is 17.4. The fourth-order valence-electron chi connectivity index (χ4n) is 3.63. The predicted octanol–water partition coefficient (Wildman–Crippen LogP) is 5.04. The summed E-state index contributed by atoms with van der Waals surface area (Å²) in [7, 11) is 1.57. The Labute approximate surface area is 173 Å². The van der Waals surface area contributed by atoms with Crippen molar-refractivity contribution >= 4 is 44.7 Å². The van der Waals surface area contributed by atoms with Crippen LogP contribution in [0.3, 0.4) is 0 Å². The molecule has 1 aliphatic heterocycles. The lowest BCUT2D eigenvalue weighted by molar-refractivity contribution is -0.117. The van der Waals surface area contributed by atoms with E-state index in [0.29, 0.717) is 23.0 Å². The molecule has 7 heteroatoms. The number of nitrogens with zero attached hydrogens (tertiary/aromatic N) is 2. The summed E-state index contributed by atoms with van der Waals surface area (Å²) >= 11 is 7.87. The number of rotatable bonds is 5. The summed E-state index contributed by atoms with van der Waals surface area (Å²) in [6.45, 7) is 3.12. The minimum Gasteiger partial charge on any atom is -0.495 e. The second kappa shape index (κ2) is 8.07. The van der Waals surface area contributed by atoms with E-state index < -0.39 is 0 Å². The molecule has 1 aliphatic rings. The van der Waals surface area contributed by atoms with Crippen molar-refractivity contribution in [3.8, 4) is 5.75 Å². The molecule has 2 aromatic carbocycles. The molecule has 3 aromatic rings. The lowest BCUT2D eigenvalue weighted by atomic mass is 10.2. The van der Waals surface area contributed by atoms with Gasteiger partial charge in [0.25, 0.3) is 0 Å². The number of ether oxygens (including phenoxy) is 1.